The van der Waals surface area contributed by atoms with E-state index in [-0.39, 0.29) is 5.92 Å². The molecule has 1 aliphatic heterocycles. The lowest BCUT2D eigenvalue weighted by Crippen LogP contribution is -2.37. The second kappa shape index (κ2) is 4.88. The number of rotatable bonds is 2. The molecule has 1 fully saturated rings. The summed E-state index contributed by atoms with van der Waals surface area (Å²) in [5.41, 5.74) is 2.22. The fourth-order valence-electron chi connectivity index (χ4n) is 2.44. The highest BCUT2D eigenvalue weighted by atomic mass is 16.5. The molecule has 0 bridgehead atoms. The van der Waals surface area contributed by atoms with Crippen LogP contribution in [0.2, 0.25) is 0 Å². The number of aryl methyl sites for hydroxylation is 1. The van der Waals surface area contributed by atoms with E-state index in [0.29, 0.717) is 12.3 Å². The molecular formula is C14H19NO2. The van der Waals surface area contributed by atoms with Gasteiger partial charge in [0.25, 0.3) is 0 Å². The molecule has 0 aliphatic carbocycles. The molecule has 1 atom stereocenters. The molecule has 3 nitrogen and oxygen atoms in total. The van der Waals surface area contributed by atoms with E-state index in [0.717, 1.165) is 29.8 Å². The number of likely N-dealkylation sites (tertiary alicyclic amines) is 1. The van der Waals surface area contributed by atoms with Gasteiger partial charge in [0.15, 0.2) is 5.78 Å². The van der Waals surface area contributed by atoms with Gasteiger partial charge in [0.05, 0.1) is 13.7 Å². The highest BCUT2D eigenvalue weighted by Gasteiger charge is 2.26. The predicted octanol–water partition coefficient (Wildman–Crippen LogP) is 1.99. The van der Waals surface area contributed by atoms with Crippen LogP contribution in [-0.2, 0) is 4.79 Å². The second-order valence-electron chi connectivity index (χ2n) is 4.77. The van der Waals surface area contributed by atoms with E-state index in [9.17, 15) is 4.79 Å². The minimum Gasteiger partial charge on any atom is -0.496 e. The van der Waals surface area contributed by atoms with Gasteiger partial charge in [-0.1, -0.05) is 12.1 Å². The number of ketones is 1. The van der Waals surface area contributed by atoms with Crippen LogP contribution in [0.5, 0.6) is 5.75 Å². The summed E-state index contributed by atoms with van der Waals surface area (Å²) in [7, 11) is 3.66. The Labute approximate surface area is 102 Å². The van der Waals surface area contributed by atoms with E-state index >= 15 is 0 Å². The van der Waals surface area contributed by atoms with Crippen molar-refractivity contribution in [1.82, 2.24) is 4.90 Å². The first kappa shape index (κ1) is 12.1. The van der Waals surface area contributed by atoms with E-state index in [1.54, 1.807) is 7.11 Å². The van der Waals surface area contributed by atoms with Gasteiger partial charge in [0.1, 0.15) is 5.75 Å². The fourth-order valence-corrected chi connectivity index (χ4v) is 2.44. The van der Waals surface area contributed by atoms with E-state index in [4.69, 9.17) is 4.74 Å². The van der Waals surface area contributed by atoms with E-state index in [1.807, 2.05) is 26.1 Å². The number of hydrogen-bond acceptors (Lipinski definition) is 3. The number of ether oxygens (including phenoxy) is 1. The summed E-state index contributed by atoms with van der Waals surface area (Å²) in [5, 5.41) is 0. The van der Waals surface area contributed by atoms with Crippen LogP contribution in [0.25, 0.3) is 0 Å². The Morgan fingerprint density at radius 2 is 2.18 bits per heavy atom. The Balaban J connectivity index is 2.22. The molecule has 1 aromatic carbocycles. The lowest BCUT2D eigenvalue weighted by Gasteiger charge is -2.28. The molecule has 1 aromatic rings. The van der Waals surface area contributed by atoms with Crippen LogP contribution >= 0.6 is 0 Å². The molecule has 1 heterocycles. The van der Waals surface area contributed by atoms with Crippen LogP contribution in [0, 0.1) is 6.92 Å². The number of nitrogens with zero attached hydrogens (tertiary/aromatic N) is 1. The summed E-state index contributed by atoms with van der Waals surface area (Å²) >= 11 is 0. The largest absolute Gasteiger partial charge is 0.496 e. The van der Waals surface area contributed by atoms with Crippen molar-refractivity contribution in [3.05, 3.63) is 29.3 Å². The summed E-state index contributed by atoms with van der Waals surface area (Å²) in [6, 6.07) is 6.04. The molecule has 92 valence electrons. The molecule has 0 N–H and O–H groups in total. The number of methoxy groups -OCH3 is 1. The second-order valence-corrected chi connectivity index (χ2v) is 4.77. The van der Waals surface area contributed by atoms with Gasteiger partial charge in [0.2, 0.25) is 0 Å². The molecule has 1 saturated heterocycles. The summed E-state index contributed by atoms with van der Waals surface area (Å²) in [6.45, 7) is 3.57. The van der Waals surface area contributed by atoms with Crippen LogP contribution in [0.15, 0.2) is 18.2 Å². The van der Waals surface area contributed by atoms with Crippen LogP contribution in [0.1, 0.15) is 23.5 Å². The van der Waals surface area contributed by atoms with Gasteiger partial charge in [-0.3, -0.25) is 9.69 Å². The van der Waals surface area contributed by atoms with Gasteiger partial charge < -0.3 is 4.74 Å². The lowest BCUT2D eigenvalue weighted by molar-refractivity contribution is -0.123. The van der Waals surface area contributed by atoms with Crippen molar-refractivity contribution >= 4 is 5.78 Å². The van der Waals surface area contributed by atoms with Gasteiger partial charge in [0, 0.05) is 5.92 Å². The van der Waals surface area contributed by atoms with Crippen LogP contribution in [0.4, 0.5) is 0 Å². The first-order valence-electron chi connectivity index (χ1n) is 5.97. The van der Waals surface area contributed by atoms with Crippen LogP contribution in [-0.4, -0.2) is 37.9 Å². The number of carbonyl (C=O) groups excluding carboxylic acids is 1. The zero-order chi connectivity index (χ0) is 12.4. The van der Waals surface area contributed by atoms with Gasteiger partial charge in [-0.2, -0.15) is 0 Å². The molecule has 0 saturated carbocycles. The summed E-state index contributed by atoms with van der Waals surface area (Å²) < 4.78 is 5.24. The first-order valence-corrected chi connectivity index (χ1v) is 5.97. The van der Waals surface area contributed by atoms with Crippen molar-refractivity contribution in [2.24, 2.45) is 0 Å². The summed E-state index contributed by atoms with van der Waals surface area (Å²) in [6.07, 6.45) is 0.918. The maximum absolute atomic E-state index is 12.0. The summed E-state index contributed by atoms with van der Waals surface area (Å²) in [4.78, 5) is 14.1. The number of piperidine rings is 1. The summed E-state index contributed by atoms with van der Waals surface area (Å²) in [5.74, 6) is 1.27. The molecular weight excluding hydrogens is 214 g/mol. The molecule has 0 aromatic heterocycles. The van der Waals surface area contributed by atoms with Crippen molar-refractivity contribution in [2.45, 2.75) is 19.3 Å². The molecule has 2 rings (SSSR count). The zero-order valence-electron chi connectivity index (χ0n) is 10.7. The topological polar surface area (TPSA) is 29.5 Å². The van der Waals surface area contributed by atoms with Gasteiger partial charge in [-0.05, 0) is 44.1 Å². The molecule has 1 unspecified atom stereocenters. The van der Waals surface area contributed by atoms with Crippen molar-refractivity contribution in [2.75, 3.05) is 27.2 Å². The van der Waals surface area contributed by atoms with Crippen molar-refractivity contribution in [3.8, 4) is 5.75 Å². The maximum Gasteiger partial charge on any atom is 0.154 e. The van der Waals surface area contributed by atoms with E-state index in [2.05, 4.69) is 11.0 Å². The molecule has 17 heavy (non-hydrogen) atoms. The third kappa shape index (κ3) is 2.50. The number of likely N-dealkylation sites (N-methyl/N-ethyl adjacent to an activating group) is 1. The van der Waals surface area contributed by atoms with Crippen molar-refractivity contribution in [3.63, 3.8) is 0 Å². The van der Waals surface area contributed by atoms with Gasteiger partial charge in [-0.15, -0.1) is 0 Å². The predicted molar refractivity (Wildman–Crippen MR) is 67.6 cm³/mol. The molecule has 0 radical (unpaired) electrons. The Morgan fingerprint density at radius 1 is 1.41 bits per heavy atom. The first-order chi connectivity index (χ1) is 8.11. The monoisotopic (exact) mass is 233 g/mol. The SMILES string of the molecule is COc1ccc(C2CCN(C)CC2=O)cc1C. The van der Waals surface area contributed by atoms with Gasteiger partial charge in [-0.25, -0.2) is 0 Å². The smallest absolute Gasteiger partial charge is 0.154 e. The number of Topliss-reactive ketones (excluding diaryl/α,β-unsaturated/α-hetero) is 1. The van der Waals surface area contributed by atoms with E-state index < -0.39 is 0 Å². The Kier molecular flexibility index (Phi) is 3.48. The average Bonchev–Trinajstić information content (AvgIpc) is 2.29. The quantitative estimate of drug-likeness (QED) is 0.782. The molecule has 0 spiro atoms. The lowest BCUT2D eigenvalue weighted by atomic mass is 9.87. The zero-order valence-corrected chi connectivity index (χ0v) is 10.7. The molecule has 1 aliphatic rings. The molecule has 3 heteroatoms. The average molecular weight is 233 g/mol. The number of benzene rings is 1. The Hall–Kier alpha value is -1.35. The minimum absolute atomic E-state index is 0.0656. The normalized spacial score (nSPS) is 21.6. The standard InChI is InChI=1S/C14H19NO2/c1-10-8-11(4-5-14(10)17-3)12-6-7-15(2)9-13(12)16/h4-5,8,12H,6-7,9H2,1-3H3. The fraction of sp³-hybridized carbons (Fsp3) is 0.500. The number of hydrogen-bond donors (Lipinski definition) is 0. The third-order valence-electron chi connectivity index (χ3n) is 3.44. The third-order valence-corrected chi connectivity index (χ3v) is 3.44. The maximum atomic E-state index is 12.0. The van der Waals surface area contributed by atoms with Crippen molar-refractivity contribution in [1.29, 1.82) is 0 Å². The number of carbonyl (C=O) groups is 1. The van der Waals surface area contributed by atoms with Crippen LogP contribution < -0.4 is 4.74 Å². The Bertz CT molecular complexity index is 428. The Morgan fingerprint density at radius 3 is 2.76 bits per heavy atom. The highest BCUT2D eigenvalue weighted by molar-refractivity contribution is 5.88. The van der Waals surface area contributed by atoms with Crippen molar-refractivity contribution < 1.29 is 9.53 Å². The minimum atomic E-state index is 0.0656. The highest BCUT2D eigenvalue weighted by Crippen LogP contribution is 2.28. The van der Waals surface area contributed by atoms with Gasteiger partial charge >= 0.3 is 0 Å². The van der Waals surface area contributed by atoms with Crippen LogP contribution in [0.3, 0.4) is 0 Å². The van der Waals surface area contributed by atoms with E-state index in [1.165, 1.54) is 0 Å². The molecule has 0 amide bonds.